The van der Waals surface area contributed by atoms with Crippen LogP contribution in [0.25, 0.3) is 38.8 Å². The van der Waals surface area contributed by atoms with Gasteiger partial charge in [-0.3, -0.25) is 4.99 Å². The van der Waals surface area contributed by atoms with Crippen LogP contribution in [0.4, 0.5) is 0 Å². The average molecular weight is 869 g/mol. The van der Waals surface area contributed by atoms with Gasteiger partial charge >= 0.3 is 21.1 Å². The van der Waals surface area contributed by atoms with Gasteiger partial charge in [0.2, 0.25) is 0 Å². The molecular formula is C46H47N3O2Pt. The molecule has 0 N–H and O–H groups in total. The van der Waals surface area contributed by atoms with E-state index in [1.807, 2.05) is 12.3 Å². The van der Waals surface area contributed by atoms with E-state index in [4.69, 9.17) is 19.5 Å². The topological polar surface area (TPSA) is 48.6 Å². The zero-order valence-electron chi connectivity index (χ0n) is 31.5. The third-order valence-corrected chi connectivity index (χ3v) is 11.1. The van der Waals surface area contributed by atoms with Gasteiger partial charge in [0.15, 0.2) is 0 Å². The van der Waals surface area contributed by atoms with Crippen LogP contribution in [0.3, 0.4) is 0 Å². The minimum Gasteiger partial charge on any atom is -0.512 e. The van der Waals surface area contributed by atoms with Crippen molar-refractivity contribution in [2.75, 3.05) is 0 Å². The van der Waals surface area contributed by atoms with E-state index in [-0.39, 0.29) is 43.0 Å². The fourth-order valence-electron chi connectivity index (χ4n) is 7.68. The van der Waals surface area contributed by atoms with Crippen LogP contribution in [0, 0.1) is 12.1 Å². The van der Waals surface area contributed by atoms with Crippen LogP contribution in [-0.2, 0) is 36.6 Å². The van der Waals surface area contributed by atoms with Crippen molar-refractivity contribution in [2.45, 2.75) is 103 Å². The van der Waals surface area contributed by atoms with E-state index in [2.05, 4.69) is 151 Å². The molecule has 6 heteroatoms. The number of ether oxygens (including phenoxy) is 2. The molecule has 52 heavy (non-hydrogen) atoms. The Morgan fingerprint density at radius 3 is 2.13 bits per heavy atom. The van der Waals surface area contributed by atoms with Crippen molar-refractivity contribution in [1.82, 2.24) is 9.55 Å². The minimum absolute atomic E-state index is 0. The minimum atomic E-state index is -0.310. The average Bonchev–Trinajstić information content (AvgIpc) is 3.58. The summed E-state index contributed by atoms with van der Waals surface area (Å²) in [7, 11) is 0. The van der Waals surface area contributed by atoms with E-state index in [0.29, 0.717) is 17.4 Å². The van der Waals surface area contributed by atoms with Crippen LogP contribution in [0.15, 0.2) is 96.1 Å². The first kappa shape index (κ1) is 36.2. The monoisotopic (exact) mass is 868 g/mol. The molecule has 2 aromatic heterocycles. The van der Waals surface area contributed by atoms with Gasteiger partial charge in [-0.05, 0) is 79.3 Å². The Morgan fingerprint density at radius 1 is 0.731 bits per heavy atom. The molecule has 1 aliphatic heterocycles. The molecule has 0 amide bonds. The molecule has 8 rings (SSSR count). The molecule has 3 heterocycles. The van der Waals surface area contributed by atoms with Gasteiger partial charge in [0.05, 0.1) is 11.1 Å². The quantitative estimate of drug-likeness (QED) is 0.162. The van der Waals surface area contributed by atoms with Crippen molar-refractivity contribution < 1.29 is 30.5 Å². The molecule has 0 saturated heterocycles. The van der Waals surface area contributed by atoms with Crippen molar-refractivity contribution in [2.24, 2.45) is 4.99 Å². The first-order valence-corrected chi connectivity index (χ1v) is 18.3. The SMILES string of the molecule is CC(C)(C)c1cc(Oc2[c-]c(-n3c4ccc(-c5ccccc5)cc4c4cccnc43)cc(C(C)(C)C)c2)[c-]c(C2=N[C@]3(C)CCCC[C@]3(C)O2)c1.[Pt+2]. The van der Waals surface area contributed by atoms with Gasteiger partial charge in [0, 0.05) is 28.5 Å². The summed E-state index contributed by atoms with van der Waals surface area (Å²) in [6.45, 7) is 17.8. The van der Waals surface area contributed by atoms with E-state index in [9.17, 15) is 0 Å². The maximum Gasteiger partial charge on any atom is 2.00 e. The Morgan fingerprint density at radius 2 is 1.42 bits per heavy atom. The molecular weight excluding hydrogens is 822 g/mol. The van der Waals surface area contributed by atoms with Gasteiger partial charge in [-0.15, -0.1) is 35.4 Å². The van der Waals surface area contributed by atoms with E-state index < -0.39 is 0 Å². The number of hydrogen-bond donors (Lipinski definition) is 0. The van der Waals surface area contributed by atoms with Gasteiger partial charge in [-0.1, -0.05) is 108 Å². The molecule has 2 aliphatic rings. The Labute approximate surface area is 322 Å². The van der Waals surface area contributed by atoms with Crippen molar-refractivity contribution >= 4 is 27.8 Å². The van der Waals surface area contributed by atoms with E-state index >= 15 is 0 Å². The summed E-state index contributed by atoms with van der Waals surface area (Å²) >= 11 is 0. The van der Waals surface area contributed by atoms with Gasteiger partial charge in [-0.25, -0.2) is 4.98 Å². The van der Waals surface area contributed by atoms with Crippen LogP contribution >= 0.6 is 0 Å². The Kier molecular flexibility index (Phi) is 9.06. The molecule has 0 radical (unpaired) electrons. The van der Waals surface area contributed by atoms with E-state index in [1.54, 1.807) is 0 Å². The number of aliphatic imine (C=N–C) groups is 1. The van der Waals surface area contributed by atoms with Crippen molar-refractivity contribution in [3.8, 4) is 28.3 Å². The summed E-state index contributed by atoms with van der Waals surface area (Å²) in [4.78, 5) is 10.1. The van der Waals surface area contributed by atoms with E-state index in [0.717, 1.165) is 63.6 Å². The Bertz CT molecular complexity index is 2330. The standard InChI is InChI=1S/C46H47N3O2.Pt/c1-43(2,3)33-23-32(42-48-45(7)20-12-13-21-46(45,8)51-42)24-36(27-33)50-37-28-34(44(4,5)6)26-35(29-37)49-40-19-18-31(30-15-10-9-11-16-30)25-39(40)38-17-14-22-47-41(38)49;/h9-11,14-19,22-23,25-28H,12-13,20-21H2,1-8H3;/q-2;+2/t45-,46+;/m1./s1. The molecule has 6 aromatic rings. The zero-order valence-corrected chi connectivity index (χ0v) is 33.7. The smallest absolute Gasteiger partial charge is 0.512 e. The fraction of sp³-hybridized carbons (Fsp3) is 0.348. The summed E-state index contributed by atoms with van der Waals surface area (Å²) in [5.74, 6) is 1.91. The fourth-order valence-corrected chi connectivity index (χ4v) is 7.68. The predicted molar refractivity (Wildman–Crippen MR) is 208 cm³/mol. The van der Waals surface area contributed by atoms with Crippen LogP contribution in [0.1, 0.15) is 97.8 Å². The molecule has 0 bridgehead atoms. The number of hydrogen-bond acceptors (Lipinski definition) is 4. The third-order valence-electron chi connectivity index (χ3n) is 11.1. The summed E-state index contributed by atoms with van der Waals surface area (Å²) in [5.41, 5.74) is 7.47. The van der Waals surface area contributed by atoms with Crippen LogP contribution in [-0.4, -0.2) is 26.6 Å². The molecule has 1 fully saturated rings. The number of aromatic nitrogens is 2. The van der Waals surface area contributed by atoms with Gasteiger partial charge in [0.1, 0.15) is 17.1 Å². The Hall–Kier alpha value is -4.21. The maximum atomic E-state index is 6.80. The largest absolute Gasteiger partial charge is 2.00 e. The van der Waals surface area contributed by atoms with Gasteiger partial charge in [0.25, 0.3) is 0 Å². The van der Waals surface area contributed by atoms with Crippen LogP contribution in [0.2, 0.25) is 0 Å². The number of nitrogens with zero attached hydrogens (tertiary/aromatic N) is 3. The Balaban J connectivity index is 0.00000420. The molecule has 268 valence electrons. The molecule has 1 aliphatic carbocycles. The van der Waals surface area contributed by atoms with Crippen LogP contribution in [0.5, 0.6) is 11.5 Å². The second kappa shape index (κ2) is 13.0. The molecule has 5 nitrogen and oxygen atoms in total. The number of benzene rings is 4. The zero-order chi connectivity index (χ0) is 35.8. The number of fused-ring (bicyclic) bond motifs is 4. The molecule has 0 unspecified atom stereocenters. The van der Waals surface area contributed by atoms with Crippen molar-refractivity contribution in [3.63, 3.8) is 0 Å². The van der Waals surface area contributed by atoms with E-state index in [1.165, 1.54) is 17.5 Å². The maximum absolute atomic E-state index is 6.80. The summed E-state index contributed by atoms with van der Waals surface area (Å²) in [5, 5.41) is 2.24. The van der Waals surface area contributed by atoms with Crippen molar-refractivity contribution in [1.29, 1.82) is 0 Å². The first-order valence-electron chi connectivity index (χ1n) is 18.3. The van der Waals surface area contributed by atoms with Crippen molar-refractivity contribution in [3.05, 3.63) is 120 Å². The summed E-state index contributed by atoms with van der Waals surface area (Å²) in [6, 6.07) is 37.2. The first-order chi connectivity index (χ1) is 24.2. The van der Waals surface area contributed by atoms with Gasteiger partial charge in [-0.2, -0.15) is 0 Å². The molecule has 2 atom stereocenters. The third kappa shape index (κ3) is 6.40. The second-order valence-electron chi connectivity index (χ2n) is 16.9. The van der Waals surface area contributed by atoms with Gasteiger partial charge < -0.3 is 14.0 Å². The number of pyridine rings is 1. The summed E-state index contributed by atoms with van der Waals surface area (Å²) in [6.07, 6.45) is 6.22. The van der Waals surface area contributed by atoms with Crippen LogP contribution < -0.4 is 4.74 Å². The summed E-state index contributed by atoms with van der Waals surface area (Å²) < 4.78 is 15.7. The normalized spacial score (nSPS) is 20.3. The molecule has 4 aromatic carbocycles. The molecule has 0 spiro atoms. The number of rotatable bonds is 5. The molecule has 1 saturated carbocycles. The predicted octanol–water partition coefficient (Wildman–Crippen LogP) is 11.7. The second-order valence-corrected chi connectivity index (χ2v) is 16.9.